The molecule has 0 bridgehead atoms. The Morgan fingerprint density at radius 3 is 2.43 bits per heavy atom. The summed E-state index contributed by atoms with van der Waals surface area (Å²) in [5.41, 5.74) is -0.250. The van der Waals surface area contributed by atoms with Crippen LogP contribution in [0, 0.1) is 11.3 Å². The average molecular weight is 384 g/mol. The second-order valence-electron chi connectivity index (χ2n) is 5.26. The molecule has 0 saturated heterocycles. The van der Waals surface area contributed by atoms with Crippen LogP contribution in [0.3, 0.4) is 0 Å². The van der Waals surface area contributed by atoms with Crippen molar-refractivity contribution >= 4 is 34.1 Å². The van der Waals surface area contributed by atoms with Crippen LogP contribution in [0.2, 0.25) is 0 Å². The standard InChI is InChI=1S/C16H18BrNO5/c1-21-14(19)16(15(20)22-2)9-12(16)7-8-23-18-10-11-3-5-13(17)6-4-11/h3-6,10,12H,7-9H2,1-2H3/b18-10-/t12-/m1/s1. The first-order chi connectivity index (χ1) is 11.0. The topological polar surface area (TPSA) is 74.2 Å². The molecular weight excluding hydrogens is 366 g/mol. The van der Waals surface area contributed by atoms with E-state index in [1.807, 2.05) is 24.3 Å². The first-order valence-electron chi connectivity index (χ1n) is 7.12. The van der Waals surface area contributed by atoms with Crippen LogP contribution in [0.15, 0.2) is 33.9 Å². The zero-order chi connectivity index (χ0) is 16.9. The highest BCUT2D eigenvalue weighted by atomic mass is 79.9. The fraction of sp³-hybridized carbons (Fsp3) is 0.438. The number of rotatable bonds is 7. The van der Waals surface area contributed by atoms with Gasteiger partial charge >= 0.3 is 11.9 Å². The van der Waals surface area contributed by atoms with Gasteiger partial charge in [0.05, 0.1) is 20.4 Å². The molecule has 2 rings (SSSR count). The van der Waals surface area contributed by atoms with Crippen molar-refractivity contribution in [1.82, 2.24) is 0 Å². The van der Waals surface area contributed by atoms with Crippen molar-refractivity contribution < 1.29 is 23.9 Å². The predicted molar refractivity (Wildman–Crippen MR) is 86.9 cm³/mol. The lowest BCUT2D eigenvalue weighted by Gasteiger charge is -2.11. The summed E-state index contributed by atoms with van der Waals surface area (Å²) < 4.78 is 10.4. The number of hydrogen-bond donors (Lipinski definition) is 0. The van der Waals surface area contributed by atoms with E-state index in [9.17, 15) is 9.59 Å². The van der Waals surface area contributed by atoms with Gasteiger partial charge in [0, 0.05) is 4.47 Å². The Morgan fingerprint density at radius 1 is 1.26 bits per heavy atom. The molecule has 0 aromatic heterocycles. The molecule has 0 radical (unpaired) electrons. The molecule has 1 saturated carbocycles. The molecule has 1 aliphatic carbocycles. The predicted octanol–water partition coefficient (Wildman–Crippen LogP) is 2.54. The molecule has 0 heterocycles. The van der Waals surface area contributed by atoms with Gasteiger partial charge < -0.3 is 14.3 Å². The molecule has 6 nitrogen and oxygen atoms in total. The summed E-state index contributed by atoms with van der Waals surface area (Å²) in [7, 11) is 2.53. The minimum absolute atomic E-state index is 0.134. The monoisotopic (exact) mass is 383 g/mol. The summed E-state index contributed by atoms with van der Waals surface area (Å²) in [5, 5.41) is 3.88. The van der Waals surface area contributed by atoms with E-state index >= 15 is 0 Å². The zero-order valence-electron chi connectivity index (χ0n) is 13.0. The van der Waals surface area contributed by atoms with Crippen LogP contribution in [-0.4, -0.2) is 39.0 Å². The normalized spacial score (nSPS) is 18.5. The Labute approximate surface area is 142 Å². The molecule has 1 aliphatic rings. The summed E-state index contributed by atoms with van der Waals surface area (Å²) in [5.74, 6) is -1.23. The highest BCUT2D eigenvalue weighted by molar-refractivity contribution is 9.10. The number of carbonyl (C=O) groups is 2. The van der Waals surface area contributed by atoms with Crippen molar-refractivity contribution in [3.63, 3.8) is 0 Å². The Morgan fingerprint density at radius 2 is 1.87 bits per heavy atom. The number of esters is 2. The van der Waals surface area contributed by atoms with E-state index in [4.69, 9.17) is 14.3 Å². The average Bonchev–Trinajstić information content (AvgIpc) is 3.30. The van der Waals surface area contributed by atoms with Gasteiger partial charge in [-0.2, -0.15) is 0 Å². The number of carbonyl (C=O) groups excluding carboxylic acids is 2. The van der Waals surface area contributed by atoms with Crippen LogP contribution in [0.25, 0.3) is 0 Å². The van der Waals surface area contributed by atoms with Crippen LogP contribution in [0.4, 0.5) is 0 Å². The first-order valence-corrected chi connectivity index (χ1v) is 7.91. The van der Waals surface area contributed by atoms with Gasteiger partial charge in [0.25, 0.3) is 0 Å². The van der Waals surface area contributed by atoms with Crippen LogP contribution in [0.5, 0.6) is 0 Å². The van der Waals surface area contributed by atoms with Gasteiger partial charge in [-0.25, -0.2) is 0 Å². The lowest BCUT2D eigenvalue weighted by atomic mass is 10.0. The molecule has 124 valence electrons. The van der Waals surface area contributed by atoms with Gasteiger partial charge in [0.15, 0.2) is 5.41 Å². The second kappa shape index (κ2) is 7.59. The maximum atomic E-state index is 11.8. The number of methoxy groups -OCH3 is 2. The van der Waals surface area contributed by atoms with Crippen molar-refractivity contribution in [3.8, 4) is 0 Å². The SMILES string of the molecule is COC(=O)C1(C(=O)OC)C[C@H]1CCO/N=C\c1ccc(Br)cc1. The van der Waals surface area contributed by atoms with Crippen molar-refractivity contribution in [2.45, 2.75) is 12.8 Å². The molecule has 1 atom stereocenters. The molecule has 0 amide bonds. The molecule has 0 unspecified atom stereocenters. The van der Waals surface area contributed by atoms with Crippen LogP contribution < -0.4 is 0 Å². The Balaban J connectivity index is 1.80. The van der Waals surface area contributed by atoms with Gasteiger partial charge in [-0.05, 0) is 36.5 Å². The van der Waals surface area contributed by atoms with Crippen LogP contribution in [-0.2, 0) is 23.9 Å². The van der Waals surface area contributed by atoms with E-state index in [-0.39, 0.29) is 5.92 Å². The van der Waals surface area contributed by atoms with E-state index in [0.717, 1.165) is 10.0 Å². The maximum absolute atomic E-state index is 11.8. The van der Waals surface area contributed by atoms with E-state index in [0.29, 0.717) is 19.4 Å². The van der Waals surface area contributed by atoms with Gasteiger partial charge in [0.2, 0.25) is 0 Å². The summed E-state index contributed by atoms with van der Waals surface area (Å²) in [4.78, 5) is 28.8. The molecule has 0 aliphatic heterocycles. The van der Waals surface area contributed by atoms with E-state index in [1.54, 1.807) is 6.21 Å². The van der Waals surface area contributed by atoms with Crippen LogP contribution >= 0.6 is 15.9 Å². The summed E-state index contributed by atoms with van der Waals surface area (Å²) in [6.45, 7) is 0.313. The highest BCUT2D eigenvalue weighted by Gasteiger charge is 2.67. The third-order valence-electron chi connectivity index (χ3n) is 3.91. The number of ether oxygens (including phenoxy) is 2. The highest BCUT2D eigenvalue weighted by Crippen LogP contribution is 2.56. The quantitative estimate of drug-likeness (QED) is 0.238. The minimum atomic E-state index is -1.16. The number of halogens is 1. The van der Waals surface area contributed by atoms with Gasteiger partial charge in [-0.3, -0.25) is 9.59 Å². The van der Waals surface area contributed by atoms with Gasteiger partial charge in [-0.15, -0.1) is 0 Å². The maximum Gasteiger partial charge on any atom is 0.323 e. The summed E-state index contributed by atoms with van der Waals surface area (Å²) in [6.07, 6.45) is 2.56. The van der Waals surface area contributed by atoms with Crippen molar-refractivity contribution in [3.05, 3.63) is 34.3 Å². The Bertz CT molecular complexity index is 583. The number of hydrogen-bond acceptors (Lipinski definition) is 6. The lowest BCUT2D eigenvalue weighted by molar-refractivity contribution is -0.162. The third kappa shape index (κ3) is 3.90. The number of benzene rings is 1. The zero-order valence-corrected chi connectivity index (χ0v) is 14.5. The smallest absolute Gasteiger partial charge is 0.323 e. The number of oxime groups is 1. The van der Waals surface area contributed by atoms with Crippen molar-refractivity contribution in [1.29, 1.82) is 0 Å². The fourth-order valence-electron chi connectivity index (χ4n) is 2.52. The molecule has 7 heteroatoms. The molecule has 0 N–H and O–H groups in total. The van der Waals surface area contributed by atoms with Crippen molar-refractivity contribution in [2.24, 2.45) is 16.5 Å². The second-order valence-corrected chi connectivity index (χ2v) is 6.18. The molecule has 0 spiro atoms. The molecule has 1 aromatic carbocycles. The minimum Gasteiger partial charge on any atom is -0.468 e. The van der Waals surface area contributed by atoms with Crippen LogP contribution in [0.1, 0.15) is 18.4 Å². The van der Waals surface area contributed by atoms with E-state index in [1.165, 1.54) is 14.2 Å². The number of nitrogens with zero attached hydrogens (tertiary/aromatic N) is 1. The third-order valence-corrected chi connectivity index (χ3v) is 4.44. The van der Waals surface area contributed by atoms with E-state index in [2.05, 4.69) is 21.1 Å². The first kappa shape index (κ1) is 17.5. The molecule has 1 fully saturated rings. The largest absolute Gasteiger partial charge is 0.468 e. The van der Waals surface area contributed by atoms with Crippen molar-refractivity contribution in [2.75, 3.05) is 20.8 Å². The Hall–Kier alpha value is -1.89. The van der Waals surface area contributed by atoms with Gasteiger partial charge in [-0.1, -0.05) is 33.2 Å². The summed E-state index contributed by atoms with van der Waals surface area (Å²) >= 11 is 3.36. The van der Waals surface area contributed by atoms with E-state index < -0.39 is 17.4 Å². The summed E-state index contributed by atoms with van der Waals surface area (Å²) in [6, 6.07) is 7.62. The Kier molecular flexibility index (Phi) is 5.76. The molecule has 1 aromatic rings. The molecular formula is C16H18BrNO5. The lowest BCUT2D eigenvalue weighted by Crippen LogP contribution is -2.30. The molecule has 23 heavy (non-hydrogen) atoms. The van der Waals surface area contributed by atoms with Gasteiger partial charge in [0.1, 0.15) is 6.61 Å². The fourth-order valence-corrected chi connectivity index (χ4v) is 2.78.